The Balaban J connectivity index is 2.68. The van der Waals surface area contributed by atoms with Gasteiger partial charge in [-0.05, 0) is 30.7 Å². The molecule has 0 spiro atoms. The zero-order chi connectivity index (χ0) is 15.0. The van der Waals surface area contributed by atoms with Crippen LogP contribution in [-0.2, 0) is 9.59 Å². The molecule has 0 fully saturated rings. The van der Waals surface area contributed by atoms with Crippen molar-refractivity contribution in [2.75, 3.05) is 5.32 Å². The molecule has 1 rings (SSSR count). The summed E-state index contributed by atoms with van der Waals surface area (Å²) in [6.45, 7) is 1.83. The molecule has 0 heterocycles. The topological polar surface area (TPSA) is 82.0 Å². The highest BCUT2D eigenvalue weighted by Crippen LogP contribution is 2.13. The van der Waals surface area contributed by atoms with Crippen LogP contribution in [0.2, 0.25) is 5.02 Å². The van der Waals surface area contributed by atoms with E-state index in [9.17, 15) is 9.59 Å². The fourth-order valence-electron chi connectivity index (χ4n) is 1.33. The van der Waals surface area contributed by atoms with Gasteiger partial charge in [0.1, 0.15) is 11.6 Å². The Morgan fingerprint density at radius 1 is 1.35 bits per heavy atom. The molecule has 0 aliphatic carbocycles. The summed E-state index contributed by atoms with van der Waals surface area (Å²) < 4.78 is 0. The molecule has 20 heavy (non-hydrogen) atoms. The van der Waals surface area contributed by atoms with Gasteiger partial charge in [-0.3, -0.25) is 14.9 Å². The Morgan fingerprint density at radius 3 is 2.55 bits per heavy atom. The first-order valence-electron chi connectivity index (χ1n) is 6.03. The van der Waals surface area contributed by atoms with Gasteiger partial charge in [-0.25, -0.2) is 0 Å². The van der Waals surface area contributed by atoms with Crippen molar-refractivity contribution in [2.45, 2.75) is 19.8 Å². The molecule has 2 N–H and O–H groups in total. The average molecular weight is 292 g/mol. The first kappa shape index (κ1) is 15.7. The maximum absolute atomic E-state index is 11.7. The number of carbonyl (C=O) groups excluding carboxylic acids is 2. The summed E-state index contributed by atoms with van der Waals surface area (Å²) in [4.78, 5) is 22.9. The Bertz CT molecular complexity index is 559. The second kappa shape index (κ2) is 7.97. The normalized spacial score (nSPS) is 10.6. The summed E-state index contributed by atoms with van der Waals surface area (Å²) in [5.41, 5.74) is 0.499. The summed E-state index contributed by atoms with van der Waals surface area (Å²) >= 11 is 5.74. The van der Waals surface area contributed by atoms with Crippen LogP contribution in [0.25, 0.3) is 0 Å². The molecular formula is C14H14ClN3O2. The first-order chi connectivity index (χ1) is 9.56. The van der Waals surface area contributed by atoms with Crippen molar-refractivity contribution in [3.8, 4) is 6.07 Å². The van der Waals surface area contributed by atoms with Gasteiger partial charge in [0.05, 0.1) is 0 Å². The average Bonchev–Trinajstić information content (AvgIpc) is 2.41. The lowest BCUT2D eigenvalue weighted by Gasteiger charge is -2.03. The second-order valence-corrected chi connectivity index (χ2v) is 4.38. The van der Waals surface area contributed by atoms with Gasteiger partial charge in [0.25, 0.3) is 5.91 Å². The standard InChI is InChI=1S/C14H14ClN3O2/c1-2-3-13(19)18-14(20)10(8-16)9-17-12-6-4-11(15)5-7-12/h4-7,9,17H,2-3H2,1H3,(H,18,19,20). The largest absolute Gasteiger partial charge is 0.360 e. The lowest BCUT2D eigenvalue weighted by atomic mass is 10.2. The molecule has 0 aliphatic heterocycles. The minimum atomic E-state index is -0.715. The van der Waals surface area contributed by atoms with Gasteiger partial charge in [0, 0.05) is 23.3 Å². The molecule has 0 aliphatic rings. The van der Waals surface area contributed by atoms with Crippen LogP contribution in [0.15, 0.2) is 36.0 Å². The number of benzene rings is 1. The quantitative estimate of drug-likeness (QED) is 0.645. The van der Waals surface area contributed by atoms with Crippen LogP contribution in [0.5, 0.6) is 0 Å². The molecular weight excluding hydrogens is 278 g/mol. The number of anilines is 1. The van der Waals surface area contributed by atoms with Crippen molar-refractivity contribution in [3.05, 3.63) is 41.1 Å². The molecule has 0 saturated heterocycles. The number of nitriles is 1. The maximum Gasteiger partial charge on any atom is 0.269 e. The van der Waals surface area contributed by atoms with E-state index in [0.717, 1.165) is 0 Å². The number of rotatable bonds is 5. The van der Waals surface area contributed by atoms with E-state index in [1.165, 1.54) is 6.20 Å². The van der Waals surface area contributed by atoms with E-state index in [2.05, 4.69) is 10.6 Å². The lowest BCUT2D eigenvalue weighted by Crippen LogP contribution is -2.31. The van der Waals surface area contributed by atoms with E-state index in [1.54, 1.807) is 30.3 Å². The van der Waals surface area contributed by atoms with Crippen LogP contribution < -0.4 is 10.6 Å². The second-order valence-electron chi connectivity index (χ2n) is 3.95. The van der Waals surface area contributed by atoms with E-state index in [-0.39, 0.29) is 12.0 Å². The van der Waals surface area contributed by atoms with E-state index in [4.69, 9.17) is 16.9 Å². The molecule has 1 aromatic carbocycles. The predicted octanol–water partition coefficient (Wildman–Crippen LogP) is 2.60. The van der Waals surface area contributed by atoms with Gasteiger partial charge in [-0.1, -0.05) is 18.5 Å². The highest BCUT2D eigenvalue weighted by Gasteiger charge is 2.12. The van der Waals surface area contributed by atoms with Crippen LogP contribution >= 0.6 is 11.6 Å². The third-order valence-corrected chi connectivity index (χ3v) is 2.57. The number of hydrogen-bond donors (Lipinski definition) is 2. The van der Waals surface area contributed by atoms with Crippen molar-refractivity contribution < 1.29 is 9.59 Å². The fourth-order valence-corrected chi connectivity index (χ4v) is 1.46. The molecule has 6 heteroatoms. The van der Waals surface area contributed by atoms with Gasteiger partial charge >= 0.3 is 0 Å². The predicted molar refractivity (Wildman–Crippen MR) is 76.8 cm³/mol. The summed E-state index contributed by atoms with van der Waals surface area (Å²) in [5.74, 6) is -1.11. The molecule has 5 nitrogen and oxygen atoms in total. The zero-order valence-electron chi connectivity index (χ0n) is 10.9. The van der Waals surface area contributed by atoms with E-state index >= 15 is 0 Å². The van der Waals surface area contributed by atoms with Crippen LogP contribution in [-0.4, -0.2) is 11.8 Å². The van der Waals surface area contributed by atoms with Gasteiger partial charge < -0.3 is 5.32 Å². The molecule has 2 amide bonds. The number of amides is 2. The zero-order valence-corrected chi connectivity index (χ0v) is 11.7. The highest BCUT2D eigenvalue weighted by molar-refractivity contribution is 6.30. The van der Waals surface area contributed by atoms with Gasteiger partial charge in [-0.2, -0.15) is 5.26 Å². The Morgan fingerprint density at radius 2 is 2.00 bits per heavy atom. The number of hydrogen-bond acceptors (Lipinski definition) is 4. The molecule has 1 aromatic rings. The van der Waals surface area contributed by atoms with E-state index in [1.807, 2.05) is 6.92 Å². The summed E-state index contributed by atoms with van der Waals surface area (Å²) in [6.07, 6.45) is 2.13. The van der Waals surface area contributed by atoms with Gasteiger partial charge in [-0.15, -0.1) is 0 Å². The number of halogens is 1. The molecule has 0 bridgehead atoms. The molecule has 0 radical (unpaired) electrons. The number of carbonyl (C=O) groups is 2. The highest BCUT2D eigenvalue weighted by atomic mass is 35.5. The molecule has 0 aromatic heterocycles. The smallest absolute Gasteiger partial charge is 0.269 e. The third-order valence-electron chi connectivity index (χ3n) is 2.32. The maximum atomic E-state index is 11.7. The number of nitrogens with one attached hydrogen (secondary N) is 2. The van der Waals surface area contributed by atoms with Gasteiger partial charge in [0.15, 0.2) is 0 Å². The summed E-state index contributed by atoms with van der Waals surface area (Å²) in [6, 6.07) is 8.49. The van der Waals surface area contributed by atoms with Crippen LogP contribution in [0.4, 0.5) is 5.69 Å². The molecule has 0 saturated carbocycles. The van der Waals surface area contributed by atoms with Crippen LogP contribution in [0, 0.1) is 11.3 Å². The number of imide groups is 1. The van der Waals surface area contributed by atoms with Gasteiger partial charge in [0.2, 0.25) is 5.91 Å². The lowest BCUT2D eigenvalue weighted by molar-refractivity contribution is -0.128. The SMILES string of the molecule is CCCC(=O)NC(=O)C(C#N)=CNc1ccc(Cl)cc1. The molecule has 0 atom stereocenters. The van der Waals surface area contributed by atoms with E-state index < -0.39 is 11.8 Å². The Hall–Kier alpha value is -2.32. The Kier molecular flexibility index (Phi) is 6.27. The van der Waals surface area contributed by atoms with Crippen molar-refractivity contribution in [3.63, 3.8) is 0 Å². The summed E-state index contributed by atoms with van der Waals surface area (Å²) in [7, 11) is 0. The van der Waals surface area contributed by atoms with E-state index in [0.29, 0.717) is 17.1 Å². The molecule has 0 unspecified atom stereocenters. The number of nitrogens with zero attached hydrogens (tertiary/aromatic N) is 1. The first-order valence-corrected chi connectivity index (χ1v) is 6.41. The Labute approximate surface area is 122 Å². The third kappa shape index (κ3) is 5.12. The van der Waals surface area contributed by atoms with Crippen molar-refractivity contribution in [1.82, 2.24) is 5.32 Å². The monoisotopic (exact) mass is 291 g/mol. The minimum absolute atomic E-state index is 0.176. The molecule has 104 valence electrons. The minimum Gasteiger partial charge on any atom is -0.360 e. The summed E-state index contributed by atoms with van der Waals surface area (Å²) in [5, 5.41) is 14.4. The van der Waals surface area contributed by atoms with Crippen molar-refractivity contribution >= 4 is 29.1 Å². The van der Waals surface area contributed by atoms with Crippen LogP contribution in [0.3, 0.4) is 0 Å². The van der Waals surface area contributed by atoms with Crippen molar-refractivity contribution in [1.29, 1.82) is 5.26 Å². The van der Waals surface area contributed by atoms with Crippen LogP contribution in [0.1, 0.15) is 19.8 Å². The fraction of sp³-hybridized carbons (Fsp3) is 0.214. The van der Waals surface area contributed by atoms with Crippen molar-refractivity contribution in [2.24, 2.45) is 0 Å².